The third kappa shape index (κ3) is 1.53. The van der Waals surface area contributed by atoms with Gasteiger partial charge in [0.05, 0.1) is 16.3 Å². The molecule has 0 atom stereocenters. The van der Waals surface area contributed by atoms with Crippen molar-refractivity contribution in [2.24, 2.45) is 0 Å². The number of hydrogen-bond acceptors (Lipinski definition) is 1. The van der Waals surface area contributed by atoms with Crippen molar-refractivity contribution in [1.82, 2.24) is 4.98 Å². The number of halogens is 1. The highest BCUT2D eigenvalue weighted by atomic mass is 35.5. The van der Waals surface area contributed by atoms with Gasteiger partial charge in [-0.05, 0) is 19.9 Å². The van der Waals surface area contributed by atoms with Crippen molar-refractivity contribution >= 4 is 11.6 Å². The first-order valence-electron chi connectivity index (χ1n) is 3.25. The maximum atomic E-state index is 5.85. The average Bonchev–Trinajstić information content (AvgIpc) is 1.85. The molecule has 0 unspecified atom stereocenters. The number of rotatable bonds is 0. The Labute approximate surface area is 71.4 Å². The molecule has 11 heavy (non-hydrogen) atoms. The summed E-state index contributed by atoms with van der Waals surface area (Å²) < 4.78 is 0. The maximum Gasteiger partial charge on any atom is 0.0641 e. The Bertz CT molecular complexity index is 300. The van der Waals surface area contributed by atoms with E-state index in [1.54, 1.807) is 6.07 Å². The van der Waals surface area contributed by atoms with Crippen LogP contribution in [0.4, 0.5) is 0 Å². The summed E-state index contributed by atoms with van der Waals surface area (Å²) in [6.07, 6.45) is 5.23. The van der Waals surface area contributed by atoms with E-state index in [4.69, 9.17) is 18.0 Å². The molecule has 1 rings (SSSR count). The Hall–Kier alpha value is -1.00. The second-order valence-corrected chi connectivity index (χ2v) is 2.76. The van der Waals surface area contributed by atoms with Crippen molar-refractivity contribution in [1.29, 1.82) is 0 Å². The average molecular weight is 166 g/mol. The summed E-state index contributed by atoms with van der Waals surface area (Å²) in [5.41, 5.74) is 2.40. The molecule has 1 nitrogen and oxygen atoms in total. The van der Waals surface area contributed by atoms with Crippen molar-refractivity contribution in [3.8, 4) is 12.3 Å². The number of nitrogens with zero attached hydrogens (tertiary/aromatic N) is 1. The van der Waals surface area contributed by atoms with Gasteiger partial charge in [-0.15, -0.1) is 6.42 Å². The second-order valence-electron chi connectivity index (χ2n) is 2.35. The number of terminal acetylenes is 1. The van der Waals surface area contributed by atoms with Gasteiger partial charge in [0.2, 0.25) is 0 Å². The maximum absolute atomic E-state index is 5.85. The van der Waals surface area contributed by atoms with E-state index in [2.05, 4.69) is 10.9 Å². The largest absolute Gasteiger partial charge is 0.257 e. The normalized spacial score (nSPS) is 9.27. The molecule has 1 aromatic rings. The zero-order valence-electron chi connectivity index (χ0n) is 6.48. The SMILES string of the molecule is C#Cc1c(Cl)cc(C)nc1C. The number of aryl methyl sites for hydroxylation is 2. The van der Waals surface area contributed by atoms with Crippen LogP contribution in [0.1, 0.15) is 17.0 Å². The second kappa shape index (κ2) is 2.94. The topological polar surface area (TPSA) is 12.9 Å². The van der Waals surface area contributed by atoms with E-state index in [0.29, 0.717) is 10.6 Å². The third-order valence-electron chi connectivity index (χ3n) is 1.42. The molecule has 0 radical (unpaired) electrons. The van der Waals surface area contributed by atoms with Gasteiger partial charge in [0, 0.05) is 5.69 Å². The Morgan fingerprint density at radius 1 is 1.55 bits per heavy atom. The highest BCUT2D eigenvalue weighted by Crippen LogP contribution is 2.17. The van der Waals surface area contributed by atoms with E-state index in [0.717, 1.165) is 11.4 Å². The molecule has 0 spiro atoms. The summed E-state index contributed by atoms with van der Waals surface area (Å²) in [5, 5.41) is 0.609. The summed E-state index contributed by atoms with van der Waals surface area (Å²) in [6.45, 7) is 3.74. The summed E-state index contributed by atoms with van der Waals surface area (Å²) in [6, 6.07) is 1.77. The minimum Gasteiger partial charge on any atom is -0.257 e. The monoisotopic (exact) mass is 165 g/mol. The lowest BCUT2D eigenvalue weighted by Crippen LogP contribution is -1.91. The van der Waals surface area contributed by atoms with Crippen LogP contribution < -0.4 is 0 Å². The smallest absolute Gasteiger partial charge is 0.0641 e. The van der Waals surface area contributed by atoms with Gasteiger partial charge in [-0.25, -0.2) is 0 Å². The summed E-state index contributed by atoms with van der Waals surface area (Å²) >= 11 is 5.85. The van der Waals surface area contributed by atoms with Gasteiger partial charge in [0.1, 0.15) is 0 Å². The van der Waals surface area contributed by atoms with Crippen LogP contribution in [0.2, 0.25) is 5.02 Å². The molecular weight excluding hydrogens is 158 g/mol. The van der Waals surface area contributed by atoms with Crippen molar-refractivity contribution in [2.75, 3.05) is 0 Å². The van der Waals surface area contributed by atoms with E-state index in [1.807, 2.05) is 13.8 Å². The number of hydrogen-bond donors (Lipinski definition) is 0. The minimum atomic E-state index is 0.609. The zero-order chi connectivity index (χ0) is 8.43. The van der Waals surface area contributed by atoms with Gasteiger partial charge in [-0.1, -0.05) is 17.5 Å². The van der Waals surface area contributed by atoms with E-state index < -0.39 is 0 Å². The molecule has 0 saturated heterocycles. The third-order valence-corrected chi connectivity index (χ3v) is 1.72. The van der Waals surface area contributed by atoms with Gasteiger partial charge in [-0.2, -0.15) is 0 Å². The first-order valence-corrected chi connectivity index (χ1v) is 3.63. The van der Waals surface area contributed by atoms with E-state index in [9.17, 15) is 0 Å². The molecule has 0 saturated carbocycles. The Kier molecular flexibility index (Phi) is 2.16. The Morgan fingerprint density at radius 2 is 2.18 bits per heavy atom. The van der Waals surface area contributed by atoms with E-state index in [-0.39, 0.29) is 0 Å². The molecule has 1 heterocycles. The summed E-state index contributed by atoms with van der Waals surface area (Å²) in [4.78, 5) is 4.18. The molecule has 0 aliphatic carbocycles. The zero-order valence-corrected chi connectivity index (χ0v) is 7.24. The van der Waals surface area contributed by atoms with Crippen molar-refractivity contribution < 1.29 is 0 Å². The molecule has 1 aromatic heterocycles. The molecule has 0 N–H and O–H groups in total. The lowest BCUT2D eigenvalue weighted by Gasteiger charge is -2.01. The standard InChI is InChI=1S/C9H8ClN/c1-4-8-7(3)11-6(2)5-9(8)10/h1,5H,2-3H3. The van der Waals surface area contributed by atoms with Crippen LogP contribution in [0.15, 0.2) is 6.07 Å². The molecule has 56 valence electrons. The summed E-state index contributed by atoms with van der Waals surface area (Å²) in [7, 11) is 0. The first-order chi connectivity index (χ1) is 5.15. The lowest BCUT2D eigenvalue weighted by molar-refractivity contribution is 1.11. The van der Waals surface area contributed by atoms with Gasteiger partial charge in [-0.3, -0.25) is 4.98 Å². The lowest BCUT2D eigenvalue weighted by atomic mass is 10.2. The van der Waals surface area contributed by atoms with Gasteiger partial charge >= 0.3 is 0 Å². The highest BCUT2D eigenvalue weighted by molar-refractivity contribution is 6.31. The molecule has 0 bridgehead atoms. The Morgan fingerprint density at radius 3 is 2.64 bits per heavy atom. The molecule has 0 aliphatic rings. The molecule has 0 fully saturated rings. The van der Waals surface area contributed by atoms with Gasteiger partial charge in [0.25, 0.3) is 0 Å². The fourth-order valence-corrected chi connectivity index (χ4v) is 1.30. The van der Waals surface area contributed by atoms with Crippen LogP contribution >= 0.6 is 11.6 Å². The van der Waals surface area contributed by atoms with E-state index >= 15 is 0 Å². The molecule has 2 heteroatoms. The molecule has 0 amide bonds. The predicted molar refractivity (Wildman–Crippen MR) is 46.7 cm³/mol. The minimum absolute atomic E-state index is 0.609. The molecule has 0 aromatic carbocycles. The first kappa shape index (κ1) is 8.10. The van der Waals surface area contributed by atoms with Crippen LogP contribution in [-0.2, 0) is 0 Å². The number of aromatic nitrogens is 1. The fourth-order valence-electron chi connectivity index (χ4n) is 0.954. The van der Waals surface area contributed by atoms with Crippen LogP contribution in [-0.4, -0.2) is 4.98 Å². The van der Waals surface area contributed by atoms with E-state index in [1.165, 1.54) is 0 Å². The Balaban J connectivity index is 3.40. The quantitative estimate of drug-likeness (QED) is 0.538. The van der Waals surface area contributed by atoms with Crippen LogP contribution in [0.25, 0.3) is 0 Å². The number of pyridine rings is 1. The van der Waals surface area contributed by atoms with Crippen LogP contribution in [0.3, 0.4) is 0 Å². The van der Waals surface area contributed by atoms with Gasteiger partial charge in [0.15, 0.2) is 0 Å². The highest BCUT2D eigenvalue weighted by Gasteiger charge is 2.02. The molecule has 0 aliphatic heterocycles. The van der Waals surface area contributed by atoms with Gasteiger partial charge < -0.3 is 0 Å². The van der Waals surface area contributed by atoms with Crippen molar-refractivity contribution in [3.63, 3.8) is 0 Å². The summed E-state index contributed by atoms with van der Waals surface area (Å²) in [5.74, 6) is 2.50. The molecular formula is C9H8ClN. The van der Waals surface area contributed by atoms with Crippen LogP contribution in [0, 0.1) is 26.2 Å². The van der Waals surface area contributed by atoms with Crippen molar-refractivity contribution in [3.05, 3.63) is 28.0 Å². The van der Waals surface area contributed by atoms with Crippen molar-refractivity contribution in [2.45, 2.75) is 13.8 Å². The fraction of sp³-hybridized carbons (Fsp3) is 0.222. The predicted octanol–water partition coefficient (Wildman–Crippen LogP) is 2.33. The van der Waals surface area contributed by atoms with Crippen LogP contribution in [0.5, 0.6) is 0 Å².